The SMILES string of the molecule is Cc1cc(-c2cc(CO)no2)ccc1O. The molecule has 0 saturated heterocycles. The Hall–Kier alpha value is -1.81. The van der Waals surface area contributed by atoms with E-state index in [4.69, 9.17) is 9.63 Å². The maximum Gasteiger partial charge on any atom is 0.167 e. The molecule has 15 heavy (non-hydrogen) atoms. The van der Waals surface area contributed by atoms with E-state index >= 15 is 0 Å². The quantitative estimate of drug-likeness (QED) is 0.785. The van der Waals surface area contributed by atoms with Gasteiger partial charge < -0.3 is 14.7 Å². The van der Waals surface area contributed by atoms with Gasteiger partial charge in [0, 0.05) is 11.6 Å². The minimum absolute atomic E-state index is 0.138. The molecule has 0 unspecified atom stereocenters. The fourth-order valence-electron chi connectivity index (χ4n) is 1.33. The first-order valence-electron chi connectivity index (χ1n) is 4.57. The first-order chi connectivity index (χ1) is 7.20. The summed E-state index contributed by atoms with van der Waals surface area (Å²) in [4.78, 5) is 0. The number of aromatic nitrogens is 1. The summed E-state index contributed by atoms with van der Waals surface area (Å²) < 4.78 is 5.04. The fourth-order valence-corrected chi connectivity index (χ4v) is 1.33. The highest BCUT2D eigenvalue weighted by Gasteiger charge is 2.07. The largest absolute Gasteiger partial charge is 0.508 e. The lowest BCUT2D eigenvalue weighted by atomic mass is 10.1. The highest BCUT2D eigenvalue weighted by Crippen LogP contribution is 2.25. The summed E-state index contributed by atoms with van der Waals surface area (Å²) in [5.74, 6) is 0.836. The molecule has 1 aromatic heterocycles. The molecule has 0 aliphatic rings. The maximum absolute atomic E-state index is 9.36. The third-order valence-electron chi connectivity index (χ3n) is 2.20. The molecule has 1 aromatic carbocycles. The number of aliphatic hydroxyl groups is 1. The summed E-state index contributed by atoms with van der Waals surface area (Å²) in [5.41, 5.74) is 2.10. The van der Waals surface area contributed by atoms with Crippen molar-refractivity contribution in [3.05, 3.63) is 35.5 Å². The molecule has 0 amide bonds. The van der Waals surface area contributed by atoms with Crippen molar-refractivity contribution < 1.29 is 14.7 Å². The molecule has 78 valence electrons. The molecule has 2 N–H and O–H groups in total. The molecule has 4 heteroatoms. The predicted molar refractivity (Wildman–Crippen MR) is 54.3 cm³/mol. The van der Waals surface area contributed by atoms with Crippen LogP contribution < -0.4 is 0 Å². The van der Waals surface area contributed by atoms with E-state index < -0.39 is 0 Å². The topological polar surface area (TPSA) is 66.5 Å². The van der Waals surface area contributed by atoms with Crippen LogP contribution in [0.15, 0.2) is 28.8 Å². The highest BCUT2D eigenvalue weighted by molar-refractivity contribution is 5.60. The molecule has 4 nitrogen and oxygen atoms in total. The van der Waals surface area contributed by atoms with Crippen molar-refractivity contribution in [3.63, 3.8) is 0 Å². The van der Waals surface area contributed by atoms with Gasteiger partial charge in [-0.05, 0) is 30.7 Å². The molecular weight excluding hydrogens is 194 g/mol. The number of phenolic OH excluding ortho intramolecular Hbond substituents is 1. The minimum Gasteiger partial charge on any atom is -0.508 e. The summed E-state index contributed by atoms with van der Waals surface area (Å²) in [6.45, 7) is 1.67. The lowest BCUT2D eigenvalue weighted by molar-refractivity contribution is 0.267. The number of nitrogens with zero attached hydrogens (tertiary/aromatic N) is 1. The molecule has 0 bridgehead atoms. The van der Waals surface area contributed by atoms with E-state index in [0.29, 0.717) is 11.5 Å². The van der Waals surface area contributed by atoms with Gasteiger partial charge in [-0.2, -0.15) is 0 Å². The second-order valence-corrected chi connectivity index (χ2v) is 3.34. The van der Waals surface area contributed by atoms with Crippen LogP contribution >= 0.6 is 0 Å². The summed E-state index contributed by atoms with van der Waals surface area (Å²) in [7, 11) is 0. The molecule has 2 rings (SSSR count). The van der Waals surface area contributed by atoms with Crippen LogP contribution in [-0.4, -0.2) is 15.4 Å². The zero-order valence-corrected chi connectivity index (χ0v) is 8.27. The van der Waals surface area contributed by atoms with Crippen LogP contribution in [0.3, 0.4) is 0 Å². The molecule has 0 saturated carbocycles. The third-order valence-corrected chi connectivity index (χ3v) is 2.20. The van der Waals surface area contributed by atoms with Crippen molar-refractivity contribution in [1.82, 2.24) is 5.16 Å². The Bertz CT molecular complexity index is 476. The molecule has 0 spiro atoms. The Morgan fingerprint density at radius 1 is 1.33 bits per heavy atom. The van der Waals surface area contributed by atoms with Gasteiger partial charge in [-0.1, -0.05) is 5.16 Å². The molecule has 0 atom stereocenters. The fraction of sp³-hybridized carbons (Fsp3) is 0.182. The number of hydrogen-bond acceptors (Lipinski definition) is 4. The summed E-state index contributed by atoms with van der Waals surface area (Å²) in [5, 5.41) is 21.9. The average molecular weight is 205 g/mol. The second kappa shape index (κ2) is 3.74. The number of aryl methyl sites for hydroxylation is 1. The van der Waals surface area contributed by atoms with Crippen molar-refractivity contribution in [2.75, 3.05) is 0 Å². The van der Waals surface area contributed by atoms with Crippen LogP contribution in [0.25, 0.3) is 11.3 Å². The maximum atomic E-state index is 9.36. The lowest BCUT2D eigenvalue weighted by Crippen LogP contribution is -1.79. The standard InChI is InChI=1S/C11H11NO3/c1-7-4-8(2-3-10(7)14)11-5-9(6-13)12-15-11/h2-5,13-14H,6H2,1H3. The van der Waals surface area contributed by atoms with Crippen molar-refractivity contribution in [2.24, 2.45) is 0 Å². The van der Waals surface area contributed by atoms with Crippen molar-refractivity contribution >= 4 is 0 Å². The zero-order chi connectivity index (χ0) is 10.8. The summed E-state index contributed by atoms with van der Waals surface area (Å²) in [6, 6.07) is 6.82. The van der Waals surface area contributed by atoms with Gasteiger partial charge in [0.1, 0.15) is 11.4 Å². The zero-order valence-electron chi connectivity index (χ0n) is 8.27. The van der Waals surface area contributed by atoms with E-state index in [1.165, 1.54) is 0 Å². The van der Waals surface area contributed by atoms with Gasteiger partial charge in [-0.3, -0.25) is 0 Å². The van der Waals surface area contributed by atoms with Crippen LogP contribution in [0.2, 0.25) is 0 Å². The molecule has 0 radical (unpaired) electrons. The average Bonchev–Trinajstić information content (AvgIpc) is 2.70. The van der Waals surface area contributed by atoms with Crippen LogP contribution in [0.4, 0.5) is 0 Å². The Morgan fingerprint density at radius 2 is 2.13 bits per heavy atom. The molecule has 1 heterocycles. The first-order valence-corrected chi connectivity index (χ1v) is 4.57. The van der Waals surface area contributed by atoms with Crippen molar-refractivity contribution in [3.8, 4) is 17.1 Å². The second-order valence-electron chi connectivity index (χ2n) is 3.34. The smallest absolute Gasteiger partial charge is 0.167 e. The number of aromatic hydroxyl groups is 1. The third kappa shape index (κ3) is 1.85. The van der Waals surface area contributed by atoms with Crippen molar-refractivity contribution in [2.45, 2.75) is 13.5 Å². The van der Waals surface area contributed by atoms with Crippen molar-refractivity contribution in [1.29, 1.82) is 0 Å². The van der Waals surface area contributed by atoms with Crippen LogP contribution in [0.1, 0.15) is 11.3 Å². The van der Waals surface area contributed by atoms with Gasteiger partial charge in [0.05, 0.1) is 6.61 Å². The highest BCUT2D eigenvalue weighted by atomic mass is 16.5. The van der Waals surface area contributed by atoms with E-state index in [1.54, 1.807) is 24.3 Å². The van der Waals surface area contributed by atoms with Gasteiger partial charge >= 0.3 is 0 Å². The predicted octanol–water partition coefficient (Wildman–Crippen LogP) is 1.85. The first kappa shape index (κ1) is 9.73. The van der Waals surface area contributed by atoms with E-state index in [2.05, 4.69) is 5.16 Å². The summed E-state index contributed by atoms with van der Waals surface area (Å²) in [6.07, 6.45) is 0. The van der Waals surface area contributed by atoms with Gasteiger partial charge in [0.15, 0.2) is 5.76 Å². The van der Waals surface area contributed by atoms with Crippen LogP contribution in [0.5, 0.6) is 5.75 Å². The minimum atomic E-state index is -0.138. The molecule has 0 aliphatic heterocycles. The van der Waals surface area contributed by atoms with Gasteiger partial charge in [0.25, 0.3) is 0 Å². The van der Waals surface area contributed by atoms with E-state index in [0.717, 1.165) is 11.1 Å². The van der Waals surface area contributed by atoms with Gasteiger partial charge in [-0.15, -0.1) is 0 Å². The van der Waals surface area contributed by atoms with E-state index in [9.17, 15) is 5.11 Å². The number of hydrogen-bond donors (Lipinski definition) is 2. The number of phenols is 1. The normalized spacial score (nSPS) is 10.5. The Balaban J connectivity index is 2.40. The summed E-state index contributed by atoms with van der Waals surface area (Å²) >= 11 is 0. The Kier molecular flexibility index (Phi) is 2.43. The molecular formula is C11H11NO3. The Labute approximate surface area is 86.8 Å². The Morgan fingerprint density at radius 3 is 2.73 bits per heavy atom. The number of aliphatic hydroxyl groups excluding tert-OH is 1. The monoisotopic (exact) mass is 205 g/mol. The number of benzene rings is 1. The lowest BCUT2D eigenvalue weighted by Gasteiger charge is -1.99. The van der Waals surface area contributed by atoms with Crippen LogP contribution in [-0.2, 0) is 6.61 Å². The molecule has 0 fully saturated rings. The molecule has 0 aliphatic carbocycles. The van der Waals surface area contributed by atoms with Gasteiger partial charge in [0.2, 0.25) is 0 Å². The van der Waals surface area contributed by atoms with Crippen LogP contribution in [0, 0.1) is 6.92 Å². The molecule has 2 aromatic rings. The van der Waals surface area contributed by atoms with E-state index in [1.807, 2.05) is 6.92 Å². The number of rotatable bonds is 2. The van der Waals surface area contributed by atoms with Gasteiger partial charge in [-0.25, -0.2) is 0 Å². The van der Waals surface area contributed by atoms with E-state index in [-0.39, 0.29) is 12.4 Å².